The van der Waals surface area contributed by atoms with E-state index < -0.39 is 24.3 Å². The molecule has 0 saturated carbocycles. The zero-order valence-corrected chi connectivity index (χ0v) is 14.4. The zero-order chi connectivity index (χ0) is 19.4. The van der Waals surface area contributed by atoms with Crippen LogP contribution in [-0.2, 0) is 11.2 Å². The van der Waals surface area contributed by atoms with Gasteiger partial charge in [0.05, 0.1) is 17.3 Å². The van der Waals surface area contributed by atoms with Gasteiger partial charge in [-0.2, -0.15) is 5.10 Å². The third kappa shape index (κ3) is 3.77. The third-order valence-electron chi connectivity index (χ3n) is 4.05. The van der Waals surface area contributed by atoms with E-state index in [0.29, 0.717) is 12.0 Å². The van der Waals surface area contributed by atoms with E-state index >= 15 is 0 Å². The Morgan fingerprint density at radius 2 is 1.81 bits per heavy atom. The number of hydrogen-bond donors (Lipinski definition) is 2. The fraction of sp³-hybridized carbons (Fsp3) is 0.100. The first-order valence-electron chi connectivity index (χ1n) is 8.21. The number of nitrogens with one attached hydrogen (secondary N) is 1. The first-order chi connectivity index (χ1) is 13.0. The molecule has 0 aliphatic carbocycles. The van der Waals surface area contributed by atoms with Crippen molar-refractivity contribution in [1.82, 2.24) is 10.3 Å². The molecule has 3 amide bonds. The van der Waals surface area contributed by atoms with Gasteiger partial charge in [0.1, 0.15) is 12.3 Å². The number of phenols is 1. The van der Waals surface area contributed by atoms with Crippen molar-refractivity contribution in [3.63, 3.8) is 0 Å². The molecule has 2 aromatic carbocycles. The maximum absolute atomic E-state index is 12.2. The van der Waals surface area contributed by atoms with E-state index in [2.05, 4.69) is 17.1 Å². The number of carbonyl (C=O) groups is 3. The Kier molecular flexibility index (Phi) is 5.12. The van der Waals surface area contributed by atoms with Crippen molar-refractivity contribution in [2.75, 3.05) is 6.54 Å². The minimum absolute atomic E-state index is 0.0210. The molecule has 0 bridgehead atoms. The Labute approximate surface area is 155 Å². The Morgan fingerprint density at radius 3 is 2.41 bits per heavy atom. The van der Waals surface area contributed by atoms with Crippen molar-refractivity contribution >= 4 is 23.9 Å². The fourth-order valence-corrected chi connectivity index (χ4v) is 2.73. The van der Waals surface area contributed by atoms with Gasteiger partial charge in [-0.3, -0.25) is 19.3 Å². The summed E-state index contributed by atoms with van der Waals surface area (Å²) in [5.41, 5.74) is 4.13. The molecule has 0 spiro atoms. The van der Waals surface area contributed by atoms with E-state index in [1.54, 1.807) is 42.5 Å². The summed E-state index contributed by atoms with van der Waals surface area (Å²) in [6.45, 7) is 3.20. The molecule has 2 N–H and O–H groups in total. The van der Waals surface area contributed by atoms with Crippen LogP contribution in [0.3, 0.4) is 0 Å². The highest BCUT2D eigenvalue weighted by atomic mass is 16.3. The van der Waals surface area contributed by atoms with Crippen LogP contribution in [0.1, 0.15) is 31.8 Å². The summed E-state index contributed by atoms with van der Waals surface area (Å²) in [7, 11) is 0. The number of aromatic hydroxyl groups is 1. The van der Waals surface area contributed by atoms with Crippen LogP contribution < -0.4 is 5.43 Å². The molecular formula is C20H17N3O4. The first kappa shape index (κ1) is 18.1. The van der Waals surface area contributed by atoms with Crippen molar-refractivity contribution in [2.24, 2.45) is 5.10 Å². The van der Waals surface area contributed by atoms with Crippen LogP contribution in [0.15, 0.2) is 60.2 Å². The van der Waals surface area contributed by atoms with E-state index in [9.17, 15) is 19.5 Å². The van der Waals surface area contributed by atoms with Crippen molar-refractivity contribution in [3.8, 4) is 5.75 Å². The quantitative estimate of drug-likeness (QED) is 0.354. The summed E-state index contributed by atoms with van der Waals surface area (Å²) in [4.78, 5) is 37.3. The van der Waals surface area contributed by atoms with Crippen LogP contribution in [0.4, 0.5) is 0 Å². The van der Waals surface area contributed by atoms with E-state index in [1.807, 2.05) is 6.07 Å². The van der Waals surface area contributed by atoms with Gasteiger partial charge in [-0.25, -0.2) is 5.43 Å². The Balaban J connectivity index is 1.61. The average molecular weight is 363 g/mol. The minimum atomic E-state index is -0.622. The SMILES string of the molecule is C=CCc1ccc(/C=N/NC(=O)CN2C(=O)c3ccccc3C2=O)c(O)c1. The smallest absolute Gasteiger partial charge is 0.262 e. The fourth-order valence-electron chi connectivity index (χ4n) is 2.73. The molecule has 1 aliphatic heterocycles. The van der Waals surface area contributed by atoms with Gasteiger partial charge in [0.2, 0.25) is 0 Å². The molecular weight excluding hydrogens is 346 g/mol. The van der Waals surface area contributed by atoms with Crippen molar-refractivity contribution in [1.29, 1.82) is 0 Å². The van der Waals surface area contributed by atoms with Gasteiger partial charge in [-0.05, 0) is 36.2 Å². The number of carbonyl (C=O) groups excluding carboxylic acids is 3. The number of amides is 3. The highest BCUT2D eigenvalue weighted by molar-refractivity contribution is 6.22. The van der Waals surface area contributed by atoms with Gasteiger partial charge < -0.3 is 5.11 Å². The number of fused-ring (bicyclic) bond motifs is 1. The second kappa shape index (κ2) is 7.65. The molecule has 0 atom stereocenters. The zero-order valence-electron chi connectivity index (χ0n) is 14.4. The Hall–Kier alpha value is -3.74. The molecule has 1 aliphatic rings. The van der Waals surface area contributed by atoms with Gasteiger partial charge in [-0.1, -0.05) is 24.3 Å². The second-order valence-corrected chi connectivity index (χ2v) is 5.92. The van der Waals surface area contributed by atoms with Crippen molar-refractivity contribution in [3.05, 3.63) is 77.4 Å². The number of rotatable bonds is 6. The standard InChI is InChI=1S/C20H17N3O4/c1-2-5-13-8-9-14(17(24)10-13)11-21-22-18(25)12-23-19(26)15-6-3-4-7-16(15)20(23)27/h2-4,6-11,24H,1,5,12H2,(H,22,25)/b21-11+. The maximum Gasteiger partial charge on any atom is 0.262 e. The van der Waals surface area contributed by atoms with Gasteiger partial charge in [0.15, 0.2) is 0 Å². The van der Waals surface area contributed by atoms with Crippen LogP contribution in [-0.4, -0.2) is 40.5 Å². The number of phenolic OH excluding ortho intramolecular Hbond substituents is 1. The van der Waals surface area contributed by atoms with Crippen LogP contribution in [0.5, 0.6) is 5.75 Å². The molecule has 7 heteroatoms. The summed E-state index contributed by atoms with van der Waals surface area (Å²) >= 11 is 0. The predicted molar refractivity (Wildman–Crippen MR) is 99.6 cm³/mol. The summed E-state index contributed by atoms with van der Waals surface area (Å²) in [5.74, 6) is -1.62. The molecule has 0 unspecified atom stereocenters. The van der Waals surface area contributed by atoms with Crippen LogP contribution in [0.25, 0.3) is 0 Å². The Morgan fingerprint density at radius 1 is 1.15 bits per heavy atom. The number of benzene rings is 2. The van der Waals surface area contributed by atoms with Gasteiger partial charge in [0.25, 0.3) is 17.7 Å². The van der Waals surface area contributed by atoms with Crippen LogP contribution in [0, 0.1) is 0 Å². The Bertz CT molecular complexity index is 930. The molecule has 136 valence electrons. The molecule has 0 aromatic heterocycles. The lowest BCUT2D eigenvalue weighted by molar-refractivity contribution is -0.121. The highest BCUT2D eigenvalue weighted by Crippen LogP contribution is 2.22. The summed E-state index contributed by atoms with van der Waals surface area (Å²) < 4.78 is 0. The van der Waals surface area contributed by atoms with Gasteiger partial charge >= 0.3 is 0 Å². The number of imide groups is 1. The molecule has 27 heavy (non-hydrogen) atoms. The predicted octanol–water partition coefficient (Wildman–Crippen LogP) is 1.87. The lowest BCUT2D eigenvalue weighted by atomic mass is 10.1. The number of hydrazone groups is 1. The maximum atomic E-state index is 12.2. The van der Waals surface area contributed by atoms with E-state index in [4.69, 9.17) is 0 Å². The van der Waals surface area contributed by atoms with Crippen molar-refractivity contribution in [2.45, 2.75) is 6.42 Å². The van der Waals surface area contributed by atoms with Gasteiger partial charge in [-0.15, -0.1) is 6.58 Å². The second-order valence-electron chi connectivity index (χ2n) is 5.92. The monoisotopic (exact) mass is 363 g/mol. The minimum Gasteiger partial charge on any atom is -0.507 e. The van der Waals surface area contributed by atoms with Crippen LogP contribution in [0.2, 0.25) is 0 Å². The summed E-state index contributed by atoms with van der Waals surface area (Å²) in [6, 6.07) is 11.5. The molecule has 0 radical (unpaired) electrons. The average Bonchev–Trinajstić information content (AvgIpc) is 2.89. The number of allylic oxidation sites excluding steroid dienone is 1. The lowest BCUT2D eigenvalue weighted by Gasteiger charge is -2.11. The van der Waals surface area contributed by atoms with E-state index in [-0.39, 0.29) is 16.9 Å². The molecule has 3 rings (SSSR count). The lowest BCUT2D eigenvalue weighted by Crippen LogP contribution is -2.38. The molecule has 7 nitrogen and oxygen atoms in total. The van der Waals surface area contributed by atoms with Crippen molar-refractivity contribution < 1.29 is 19.5 Å². The van der Waals surface area contributed by atoms with E-state index in [1.165, 1.54) is 6.21 Å². The largest absolute Gasteiger partial charge is 0.507 e. The normalized spacial score (nSPS) is 13.1. The first-order valence-corrected chi connectivity index (χ1v) is 8.21. The number of nitrogens with zero attached hydrogens (tertiary/aromatic N) is 2. The molecule has 0 fully saturated rings. The topological polar surface area (TPSA) is 99.1 Å². The summed E-state index contributed by atoms with van der Waals surface area (Å²) in [6.07, 6.45) is 3.64. The van der Waals surface area contributed by atoms with Crippen LogP contribution >= 0.6 is 0 Å². The van der Waals surface area contributed by atoms with Gasteiger partial charge in [0, 0.05) is 5.56 Å². The third-order valence-corrected chi connectivity index (χ3v) is 4.05. The molecule has 2 aromatic rings. The highest BCUT2D eigenvalue weighted by Gasteiger charge is 2.36. The molecule has 0 saturated heterocycles. The van der Waals surface area contributed by atoms with E-state index in [0.717, 1.165) is 10.5 Å². The number of hydrogen-bond acceptors (Lipinski definition) is 5. The molecule has 1 heterocycles. The summed E-state index contributed by atoms with van der Waals surface area (Å²) in [5, 5.41) is 13.7.